The zero-order chi connectivity index (χ0) is 21.0. The Morgan fingerprint density at radius 2 is 1.66 bits per heavy atom. The second-order valence-electron chi connectivity index (χ2n) is 8.27. The summed E-state index contributed by atoms with van der Waals surface area (Å²) in [5.41, 5.74) is 1.70. The van der Waals surface area contributed by atoms with Crippen molar-refractivity contribution in [2.24, 2.45) is 0 Å². The van der Waals surface area contributed by atoms with Crippen LogP contribution in [0.4, 0.5) is 4.79 Å². The molecule has 0 unspecified atom stereocenters. The maximum atomic E-state index is 12.4. The van der Waals surface area contributed by atoms with Gasteiger partial charge in [-0.3, -0.25) is 4.90 Å². The molecule has 1 fully saturated rings. The first-order valence-electron chi connectivity index (χ1n) is 9.73. The van der Waals surface area contributed by atoms with Gasteiger partial charge >= 0.3 is 12.1 Å². The topological polar surface area (TPSA) is 76.1 Å². The molecule has 0 aliphatic carbocycles. The largest absolute Gasteiger partial charge is 0.488 e. The van der Waals surface area contributed by atoms with Gasteiger partial charge in [0.2, 0.25) is 0 Å². The number of hydrogen-bond acceptors (Lipinski definition) is 4. The SMILES string of the molecule is CC(C)(C)OC(=O)N1C[C@@H](Oc2ccc(Cc3ccccc3)cc2)C[C@H]1C(=O)O. The molecule has 1 N–H and O–H groups in total. The normalized spacial score (nSPS) is 19.1. The number of carbonyl (C=O) groups excluding carboxylic acids is 1. The molecule has 6 heteroatoms. The molecule has 1 aliphatic heterocycles. The minimum Gasteiger partial charge on any atom is -0.488 e. The van der Waals surface area contributed by atoms with E-state index in [0.717, 1.165) is 12.0 Å². The van der Waals surface area contributed by atoms with E-state index in [1.54, 1.807) is 20.8 Å². The molecular formula is C23H27NO5. The van der Waals surface area contributed by atoms with Gasteiger partial charge in [0.15, 0.2) is 0 Å². The summed E-state index contributed by atoms with van der Waals surface area (Å²) in [6, 6.07) is 17.0. The van der Waals surface area contributed by atoms with Crippen molar-refractivity contribution in [2.75, 3.05) is 6.54 Å². The van der Waals surface area contributed by atoms with Gasteiger partial charge in [0, 0.05) is 6.42 Å². The van der Waals surface area contributed by atoms with Crippen LogP contribution in [0.5, 0.6) is 5.75 Å². The minimum atomic E-state index is -1.06. The van der Waals surface area contributed by atoms with Crippen molar-refractivity contribution in [3.63, 3.8) is 0 Å². The lowest BCUT2D eigenvalue weighted by Gasteiger charge is -2.26. The molecule has 0 radical (unpaired) electrons. The number of aliphatic carboxylic acids is 1. The van der Waals surface area contributed by atoms with E-state index in [0.29, 0.717) is 5.75 Å². The van der Waals surface area contributed by atoms with Gasteiger partial charge in [-0.2, -0.15) is 0 Å². The predicted molar refractivity (Wildman–Crippen MR) is 109 cm³/mol. The number of nitrogens with zero attached hydrogens (tertiary/aromatic N) is 1. The number of rotatable bonds is 5. The van der Waals surface area contributed by atoms with Crippen molar-refractivity contribution in [1.29, 1.82) is 0 Å². The van der Waals surface area contributed by atoms with Crippen molar-refractivity contribution in [2.45, 2.75) is 51.4 Å². The third-order valence-corrected chi connectivity index (χ3v) is 4.65. The lowest BCUT2D eigenvalue weighted by molar-refractivity contribution is -0.142. The monoisotopic (exact) mass is 397 g/mol. The summed E-state index contributed by atoms with van der Waals surface area (Å²) in [6.07, 6.45) is 0.0242. The first-order valence-corrected chi connectivity index (χ1v) is 9.73. The van der Waals surface area contributed by atoms with Crippen LogP contribution >= 0.6 is 0 Å². The molecule has 1 saturated heterocycles. The highest BCUT2D eigenvalue weighted by Gasteiger charge is 2.42. The molecule has 29 heavy (non-hydrogen) atoms. The third-order valence-electron chi connectivity index (χ3n) is 4.65. The van der Waals surface area contributed by atoms with E-state index in [4.69, 9.17) is 9.47 Å². The fraction of sp³-hybridized carbons (Fsp3) is 0.391. The van der Waals surface area contributed by atoms with Gasteiger partial charge < -0.3 is 14.6 Å². The number of ether oxygens (including phenoxy) is 2. The lowest BCUT2D eigenvalue weighted by Crippen LogP contribution is -2.43. The number of carboxylic acid groups (broad SMARTS) is 1. The average molecular weight is 397 g/mol. The van der Waals surface area contributed by atoms with E-state index in [1.807, 2.05) is 42.5 Å². The summed E-state index contributed by atoms with van der Waals surface area (Å²) in [5.74, 6) is -0.401. The third kappa shape index (κ3) is 5.73. The molecule has 1 aliphatic rings. The van der Waals surface area contributed by atoms with Gasteiger partial charge in [-0.15, -0.1) is 0 Å². The first-order chi connectivity index (χ1) is 13.7. The Morgan fingerprint density at radius 3 is 2.24 bits per heavy atom. The van der Waals surface area contributed by atoms with Crippen LogP contribution in [-0.4, -0.2) is 46.4 Å². The molecule has 0 bridgehead atoms. The fourth-order valence-corrected chi connectivity index (χ4v) is 3.35. The van der Waals surface area contributed by atoms with Crippen LogP contribution in [0.2, 0.25) is 0 Å². The average Bonchev–Trinajstić information content (AvgIpc) is 3.07. The molecule has 154 valence electrons. The van der Waals surface area contributed by atoms with Crippen LogP contribution in [-0.2, 0) is 16.0 Å². The smallest absolute Gasteiger partial charge is 0.411 e. The molecule has 0 spiro atoms. The molecule has 0 saturated carbocycles. The van der Waals surface area contributed by atoms with Crippen molar-refractivity contribution >= 4 is 12.1 Å². The van der Waals surface area contributed by atoms with Gasteiger partial charge in [0.1, 0.15) is 23.5 Å². The Labute approximate surface area is 171 Å². The molecule has 3 rings (SSSR count). The number of amides is 1. The van der Waals surface area contributed by atoms with Crippen molar-refractivity contribution in [1.82, 2.24) is 4.90 Å². The van der Waals surface area contributed by atoms with Gasteiger partial charge in [-0.05, 0) is 50.5 Å². The highest BCUT2D eigenvalue weighted by molar-refractivity contribution is 5.81. The van der Waals surface area contributed by atoms with Crippen molar-refractivity contribution in [3.8, 4) is 5.75 Å². The molecule has 0 aromatic heterocycles. The van der Waals surface area contributed by atoms with E-state index in [9.17, 15) is 14.7 Å². The van der Waals surface area contributed by atoms with E-state index in [1.165, 1.54) is 10.5 Å². The van der Waals surface area contributed by atoms with Crippen LogP contribution in [0.1, 0.15) is 38.3 Å². The Bertz CT molecular complexity index is 842. The van der Waals surface area contributed by atoms with Crippen LogP contribution in [0.25, 0.3) is 0 Å². The van der Waals surface area contributed by atoms with Gasteiger partial charge in [-0.25, -0.2) is 9.59 Å². The number of hydrogen-bond donors (Lipinski definition) is 1. The lowest BCUT2D eigenvalue weighted by atomic mass is 10.1. The summed E-state index contributed by atoms with van der Waals surface area (Å²) in [5, 5.41) is 9.49. The predicted octanol–water partition coefficient (Wildman–Crippen LogP) is 4.12. The standard InChI is InChI=1S/C23H27NO5/c1-23(2,3)29-22(27)24-15-19(14-20(24)21(25)26)28-18-11-9-17(10-12-18)13-16-7-5-4-6-8-16/h4-12,19-20H,13-15H2,1-3H3,(H,25,26)/t19-,20-/m0/s1. The summed E-state index contributed by atoms with van der Waals surface area (Å²) in [6.45, 7) is 5.43. The van der Waals surface area contributed by atoms with E-state index in [2.05, 4.69) is 12.1 Å². The number of benzene rings is 2. The molecular weight excluding hydrogens is 370 g/mol. The fourth-order valence-electron chi connectivity index (χ4n) is 3.35. The maximum absolute atomic E-state index is 12.4. The summed E-state index contributed by atoms with van der Waals surface area (Å²) < 4.78 is 11.3. The zero-order valence-corrected chi connectivity index (χ0v) is 17.0. The molecule has 1 amide bonds. The van der Waals surface area contributed by atoms with Gasteiger partial charge in [0.25, 0.3) is 0 Å². The molecule has 1 heterocycles. The van der Waals surface area contributed by atoms with Crippen LogP contribution in [0, 0.1) is 0 Å². The Balaban J connectivity index is 1.62. The molecule has 2 aromatic carbocycles. The zero-order valence-electron chi connectivity index (χ0n) is 17.0. The second kappa shape index (κ2) is 8.55. The highest BCUT2D eigenvalue weighted by Crippen LogP contribution is 2.26. The summed E-state index contributed by atoms with van der Waals surface area (Å²) in [7, 11) is 0. The number of carbonyl (C=O) groups is 2. The number of likely N-dealkylation sites (tertiary alicyclic amines) is 1. The van der Waals surface area contributed by atoms with Gasteiger partial charge in [-0.1, -0.05) is 42.5 Å². The van der Waals surface area contributed by atoms with Crippen molar-refractivity contribution in [3.05, 3.63) is 65.7 Å². The van der Waals surface area contributed by atoms with Crippen molar-refractivity contribution < 1.29 is 24.2 Å². The Morgan fingerprint density at radius 1 is 1.03 bits per heavy atom. The van der Waals surface area contributed by atoms with E-state index in [-0.39, 0.29) is 13.0 Å². The van der Waals surface area contributed by atoms with Crippen LogP contribution in [0.15, 0.2) is 54.6 Å². The van der Waals surface area contributed by atoms with Crippen LogP contribution in [0.3, 0.4) is 0 Å². The summed E-state index contributed by atoms with van der Waals surface area (Å²) in [4.78, 5) is 25.2. The maximum Gasteiger partial charge on any atom is 0.411 e. The summed E-state index contributed by atoms with van der Waals surface area (Å²) >= 11 is 0. The Hall–Kier alpha value is -3.02. The van der Waals surface area contributed by atoms with E-state index < -0.39 is 29.8 Å². The molecule has 6 nitrogen and oxygen atoms in total. The Kier molecular flexibility index (Phi) is 6.11. The first kappa shape index (κ1) is 20.7. The number of carboxylic acids is 1. The quantitative estimate of drug-likeness (QED) is 0.821. The van der Waals surface area contributed by atoms with Crippen LogP contribution < -0.4 is 4.74 Å². The van der Waals surface area contributed by atoms with Gasteiger partial charge in [0.05, 0.1) is 6.54 Å². The minimum absolute atomic E-state index is 0.178. The highest BCUT2D eigenvalue weighted by atomic mass is 16.6. The molecule has 2 atom stereocenters. The second-order valence-corrected chi connectivity index (χ2v) is 8.27. The molecule has 2 aromatic rings. The van der Waals surface area contributed by atoms with E-state index >= 15 is 0 Å².